The predicted octanol–water partition coefficient (Wildman–Crippen LogP) is 2.13. The van der Waals surface area contributed by atoms with Crippen molar-refractivity contribution in [2.45, 2.75) is 12.8 Å². The third-order valence-electron chi connectivity index (χ3n) is 3.86. The molecular weight excluding hydrogens is 250 g/mol. The minimum atomic E-state index is 0.154. The molecule has 0 aliphatic carbocycles. The molecule has 0 radical (unpaired) electrons. The van der Waals surface area contributed by atoms with E-state index in [9.17, 15) is 4.79 Å². The number of rotatable bonds is 3. The molecule has 20 heavy (non-hydrogen) atoms. The van der Waals surface area contributed by atoms with Gasteiger partial charge in [0, 0.05) is 48.7 Å². The number of nitrogens with zero attached hydrogens (tertiary/aromatic N) is 1. The van der Waals surface area contributed by atoms with Gasteiger partial charge in [-0.3, -0.25) is 4.79 Å². The van der Waals surface area contributed by atoms with Gasteiger partial charge >= 0.3 is 0 Å². The van der Waals surface area contributed by atoms with Crippen LogP contribution in [0.25, 0.3) is 16.5 Å². The van der Waals surface area contributed by atoms with Crippen molar-refractivity contribution >= 4 is 22.4 Å². The first-order valence-corrected chi connectivity index (χ1v) is 7.03. The monoisotopic (exact) mass is 269 g/mol. The molecule has 1 aromatic heterocycles. The Morgan fingerprint density at radius 1 is 1.35 bits per heavy atom. The summed E-state index contributed by atoms with van der Waals surface area (Å²) in [4.78, 5) is 17.0. The molecule has 0 saturated heterocycles. The lowest BCUT2D eigenvalue weighted by Crippen LogP contribution is -2.35. The number of H-pyrrole nitrogens is 1. The molecule has 0 atom stereocenters. The van der Waals surface area contributed by atoms with E-state index in [1.807, 2.05) is 11.0 Å². The molecule has 0 bridgehead atoms. The molecule has 1 amide bonds. The van der Waals surface area contributed by atoms with Crippen molar-refractivity contribution in [3.8, 4) is 0 Å². The Morgan fingerprint density at radius 3 is 2.95 bits per heavy atom. The van der Waals surface area contributed by atoms with E-state index >= 15 is 0 Å². The topological polar surface area (TPSA) is 62.1 Å². The molecular formula is C16H19N3O. The Labute approximate surface area is 118 Å². The van der Waals surface area contributed by atoms with E-state index in [0.29, 0.717) is 19.5 Å². The van der Waals surface area contributed by atoms with Crippen LogP contribution in [-0.4, -0.2) is 35.4 Å². The number of aromatic amines is 1. The molecule has 0 saturated carbocycles. The summed E-state index contributed by atoms with van der Waals surface area (Å²) >= 11 is 0. The number of nitrogens with one attached hydrogen (secondary N) is 1. The molecule has 0 spiro atoms. The van der Waals surface area contributed by atoms with Crippen LogP contribution in [0.2, 0.25) is 0 Å². The number of benzene rings is 1. The van der Waals surface area contributed by atoms with Crippen molar-refractivity contribution in [3.05, 3.63) is 42.1 Å². The number of para-hydroxylation sites is 1. The fourth-order valence-corrected chi connectivity index (χ4v) is 2.76. The summed E-state index contributed by atoms with van der Waals surface area (Å²) in [7, 11) is 0. The maximum absolute atomic E-state index is 11.8. The van der Waals surface area contributed by atoms with Crippen molar-refractivity contribution in [1.29, 1.82) is 0 Å². The van der Waals surface area contributed by atoms with Crippen molar-refractivity contribution in [3.63, 3.8) is 0 Å². The van der Waals surface area contributed by atoms with Crippen molar-refractivity contribution in [1.82, 2.24) is 9.88 Å². The number of hydrogen-bond acceptors (Lipinski definition) is 2. The predicted molar refractivity (Wildman–Crippen MR) is 81.1 cm³/mol. The van der Waals surface area contributed by atoms with Crippen LogP contribution in [0.5, 0.6) is 0 Å². The van der Waals surface area contributed by atoms with Crippen LogP contribution in [-0.2, 0) is 4.79 Å². The number of carbonyl (C=O) groups is 1. The second-order valence-corrected chi connectivity index (χ2v) is 5.11. The highest BCUT2D eigenvalue weighted by molar-refractivity contribution is 5.93. The molecule has 3 N–H and O–H groups in total. The number of fused-ring (bicyclic) bond motifs is 1. The number of amides is 1. The third-order valence-corrected chi connectivity index (χ3v) is 3.86. The largest absolute Gasteiger partial charge is 0.361 e. The molecule has 4 nitrogen and oxygen atoms in total. The highest BCUT2D eigenvalue weighted by Crippen LogP contribution is 2.29. The van der Waals surface area contributed by atoms with Gasteiger partial charge in [0.15, 0.2) is 0 Å². The highest BCUT2D eigenvalue weighted by atomic mass is 16.2. The van der Waals surface area contributed by atoms with E-state index in [4.69, 9.17) is 5.73 Å². The molecule has 2 aromatic rings. The zero-order valence-electron chi connectivity index (χ0n) is 11.4. The van der Waals surface area contributed by atoms with Crippen LogP contribution in [0.1, 0.15) is 18.4 Å². The van der Waals surface area contributed by atoms with Gasteiger partial charge in [0.2, 0.25) is 5.91 Å². The standard InChI is InChI=1S/C16H19N3O/c17-8-5-16(20)19-9-6-12(7-10-19)14-11-18-15-4-2-1-3-13(14)15/h1-4,6,11,18H,5,7-10,17H2. The summed E-state index contributed by atoms with van der Waals surface area (Å²) in [6.07, 6.45) is 5.57. The summed E-state index contributed by atoms with van der Waals surface area (Å²) in [6.45, 7) is 1.90. The lowest BCUT2D eigenvalue weighted by Gasteiger charge is -2.26. The van der Waals surface area contributed by atoms with Crippen molar-refractivity contribution in [2.24, 2.45) is 5.73 Å². The molecule has 0 fully saturated rings. The zero-order valence-corrected chi connectivity index (χ0v) is 11.4. The maximum Gasteiger partial charge on any atom is 0.224 e. The quantitative estimate of drug-likeness (QED) is 0.896. The summed E-state index contributed by atoms with van der Waals surface area (Å²) in [6, 6.07) is 8.30. The molecule has 1 aliphatic rings. The first-order chi connectivity index (χ1) is 9.79. The average Bonchev–Trinajstić information content (AvgIpc) is 2.92. The minimum absolute atomic E-state index is 0.154. The van der Waals surface area contributed by atoms with Gasteiger partial charge in [0.05, 0.1) is 0 Å². The molecule has 1 aliphatic heterocycles. The van der Waals surface area contributed by atoms with E-state index in [-0.39, 0.29) is 5.91 Å². The highest BCUT2D eigenvalue weighted by Gasteiger charge is 2.18. The van der Waals surface area contributed by atoms with E-state index in [2.05, 4.69) is 35.5 Å². The van der Waals surface area contributed by atoms with E-state index in [1.54, 1.807) is 0 Å². The van der Waals surface area contributed by atoms with Gasteiger partial charge in [-0.2, -0.15) is 0 Å². The van der Waals surface area contributed by atoms with Gasteiger partial charge in [-0.15, -0.1) is 0 Å². The Bertz CT molecular complexity index is 657. The lowest BCUT2D eigenvalue weighted by atomic mass is 9.99. The second-order valence-electron chi connectivity index (χ2n) is 5.11. The fourth-order valence-electron chi connectivity index (χ4n) is 2.76. The van der Waals surface area contributed by atoms with Gasteiger partial charge in [0.1, 0.15) is 0 Å². The van der Waals surface area contributed by atoms with E-state index < -0.39 is 0 Å². The lowest BCUT2D eigenvalue weighted by molar-refractivity contribution is -0.130. The molecule has 104 valence electrons. The first-order valence-electron chi connectivity index (χ1n) is 7.03. The summed E-state index contributed by atoms with van der Waals surface area (Å²) in [5, 5.41) is 1.25. The minimum Gasteiger partial charge on any atom is -0.361 e. The van der Waals surface area contributed by atoms with Crippen LogP contribution in [0.15, 0.2) is 36.5 Å². The zero-order chi connectivity index (χ0) is 13.9. The molecule has 0 unspecified atom stereocenters. The van der Waals surface area contributed by atoms with Crippen molar-refractivity contribution in [2.75, 3.05) is 19.6 Å². The van der Waals surface area contributed by atoms with Gasteiger partial charge < -0.3 is 15.6 Å². The Kier molecular flexibility index (Phi) is 3.56. The first kappa shape index (κ1) is 12.9. The summed E-state index contributed by atoms with van der Waals surface area (Å²) in [5.74, 6) is 0.154. The fraction of sp³-hybridized carbons (Fsp3) is 0.312. The Hall–Kier alpha value is -2.07. The van der Waals surface area contributed by atoms with Gasteiger partial charge in [-0.05, 0) is 18.1 Å². The van der Waals surface area contributed by atoms with Gasteiger partial charge in [-0.25, -0.2) is 0 Å². The SMILES string of the molecule is NCCC(=O)N1CC=C(c2c[nH]c3ccccc23)CC1. The van der Waals surface area contributed by atoms with Gasteiger partial charge in [0.25, 0.3) is 0 Å². The number of carbonyl (C=O) groups excluding carboxylic acids is 1. The second kappa shape index (κ2) is 5.51. The van der Waals surface area contributed by atoms with Crippen LogP contribution in [0.4, 0.5) is 0 Å². The van der Waals surface area contributed by atoms with Crippen LogP contribution < -0.4 is 5.73 Å². The van der Waals surface area contributed by atoms with Crippen molar-refractivity contribution < 1.29 is 4.79 Å². The number of hydrogen-bond donors (Lipinski definition) is 2. The summed E-state index contributed by atoms with van der Waals surface area (Å²) in [5.41, 5.74) is 9.17. The van der Waals surface area contributed by atoms with Crippen LogP contribution in [0, 0.1) is 0 Å². The number of nitrogens with two attached hydrogens (primary N) is 1. The third kappa shape index (κ3) is 2.34. The van der Waals surface area contributed by atoms with Crippen LogP contribution >= 0.6 is 0 Å². The van der Waals surface area contributed by atoms with E-state index in [1.165, 1.54) is 16.5 Å². The molecule has 4 heteroatoms. The Balaban J connectivity index is 1.81. The molecule has 2 heterocycles. The maximum atomic E-state index is 11.8. The average molecular weight is 269 g/mol. The normalized spacial score (nSPS) is 15.4. The van der Waals surface area contributed by atoms with E-state index in [0.717, 1.165) is 18.5 Å². The summed E-state index contributed by atoms with van der Waals surface area (Å²) < 4.78 is 0. The van der Waals surface area contributed by atoms with Crippen LogP contribution in [0.3, 0.4) is 0 Å². The molecule has 1 aromatic carbocycles. The molecule has 3 rings (SSSR count). The smallest absolute Gasteiger partial charge is 0.224 e. The Morgan fingerprint density at radius 2 is 2.20 bits per heavy atom. The number of aromatic nitrogens is 1. The van der Waals surface area contributed by atoms with Gasteiger partial charge in [-0.1, -0.05) is 24.3 Å².